The second-order valence-electron chi connectivity index (χ2n) is 4.20. The summed E-state index contributed by atoms with van der Waals surface area (Å²) in [6.45, 7) is 2.94. The normalized spacial score (nSPS) is 24.9. The van der Waals surface area contributed by atoms with Gasteiger partial charge in [-0.25, -0.2) is 0 Å². The van der Waals surface area contributed by atoms with Crippen LogP contribution in [0.25, 0.3) is 0 Å². The van der Waals surface area contributed by atoms with Gasteiger partial charge in [0.2, 0.25) is 5.91 Å². The summed E-state index contributed by atoms with van der Waals surface area (Å²) < 4.78 is 5.86. The number of aliphatic imine (C=N–C) groups is 1. The van der Waals surface area contributed by atoms with Gasteiger partial charge in [-0.05, 0) is 19.8 Å². The zero-order chi connectivity index (χ0) is 10.7. The molecule has 0 bridgehead atoms. The summed E-state index contributed by atoms with van der Waals surface area (Å²) in [7, 11) is 0. The molecule has 1 fully saturated rings. The molecular weight excluding hydrogens is 192 g/mol. The van der Waals surface area contributed by atoms with E-state index in [4.69, 9.17) is 4.74 Å². The van der Waals surface area contributed by atoms with Crippen molar-refractivity contribution in [3.8, 4) is 0 Å². The highest BCUT2D eigenvalue weighted by molar-refractivity contribution is 6.07. The Bertz CT molecular complexity index is 275. The van der Waals surface area contributed by atoms with Gasteiger partial charge in [0.1, 0.15) is 18.0 Å². The number of hydrogen-bond donors (Lipinski definition) is 1. The minimum absolute atomic E-state index is 0.00495. The molecule has 0 saturated heterocycles. The van der Waals surface area contributed by atoms with Crippen LogP contribution in [0.15, 0.2) is 4.99 Å². The fourth-order valence-corrected chi connectivity index (χ4v) is 2.47. The molecule has 0 unspecified atom stereocenters. The molecule has 1 aliphatic heterocycles. The standard InChI is InChI=1S/C11H18N2O2/c1-2-15-11(6-4-3-5-7-11)10-12-8-9(14)13-10/h2-8H2,1H3,(H,12,13,14). The predicted octanol–water partition coefficient (Wildman–Crippen LogP) is 1.25. The third kappa shape index (κ3) is 2.04. The number of ether oxygens (including phenoxy) is 1. The summed E-state index contributed by atoms with van der Waals surface area (Å²) in [6.07, 6.45) is 5.56. The van der Waals surface area contributed by atoms with E-state index in [1.807, 2.05) is 6.92 Å². The van der Waals surface area contributed by atoms with E-state index in [1.54, 1.807) is 0 Å². The van der Waals surface area contributed by atoms with Gasteiger partial charge in [-0.1, -0.05) is 19.3 Å². The van der Waals surface area contributed by atoms with Crippen LogP contribution in [-0.2, 0) is 9.53 Å². The Morgan fingerprint density at radius 3 is 2.67 bits per heavy atom. The Morgan fingerprint density at radius 1 is 1.40 bits per heavy atom. The van der Waals surface area contributed by atoms with Crippen molar-refractivity contribution in [3.63, 3.8) is 0 Å². The van der Waals surface area contributed by atoms with Crippen molar-refractivity contribution in [3.05, 3.63) is 0 Å². The molecule has 0 aromatic rings. The van der Waals surface area contributed by atoms with Crippen molar-refractivity contribution in [2.45, 2.75) is 44.6 Å². The lowest BCUT2D eigenvalue weighted by molar-refractivity contribution is -0.118. The molecule has 1 N–H and O–H groups in total. The molecule has 84 valence electrons. The van der Waals surface area contributed by atoms with Crippen molar-refractivity contribution < 1.29 is 9.53 Å². The number of carbonyl (C=O) groups is 1. The minimum atomic E-state index is -0.292. The molecule has 1 aliphatic carbocycles. The van der Waals surface area contributed by atoms with Crippen LogP contribution < -0.4 is 5.32 Å². The maximum absolute atomic E-state index is 11.2. The Morgan fingerprint density at radius 2 is 2.13 bits per heavy atom. The third-order valence-corrected chi connectivity index (χ3v) is 3.15. The molecule has 4 heteroatoms. The van der Waals surface area contributed by atoms with Crippen LogP contribution in [0.2, 0.25) is 0 Å². The van der Waals surface area contributed by atoms with Crippen molar-refractivity contribution in [1.82, 2.24) is 5.32 Å². The smallest absolute Gasteiger partial charge is 0.247 e. The summed E-state index contributed by atoms with van der Waals surface area (Å²) >= 11 is 0. The van der Waals surface area contributed by atoms with E-state index < -0.39 is 0 Å². The Hall–Kier alpha value is -0.900. The van der Waals surface area contributed by atoms with Crippen molar-refractivity contribution in [2.75, 3.05) is 13.2 Å². The number of carbonyl (C=O) groups excluding carboxylic acids is 1. The van der Waals surface area contributed by atoms with Crippen LogP contribution in [0.1, 0.15) is 39.0 Å². The van der Waals surface area contributed by atoms with Crippen LogP contribution in [0, 0.1) is 0 Å². The highest BCUT2D eigenvalue weighted by atomic mass is 16.5. The number of hydrogen-bond acceptors (Lipinski definition) is 3. The van der Waals surface area contributed by atoms with E-state index in [9.17, 15) is 4.79 Å². The van der Waals surface area contributed by atoms with Gasteiger partial charge in [-0.2, -0.15) is 0 Å². The molecule has 0 atom stereocenters. The van der Waals surface area contributed by atoms with E-state index in [0.29, 0.717) is 6.61 Å². The summed E-state index contributed by atoms with van der Waals surface area (Å²) in [5.74, 6) is 0.767. The molecule has 0 radical (unpaired) electrons. The highest BCUT2D eigenvalue weighted by Crippen LogP contribution is 2.33. The second-order valence-corrected chi connectivity index (χ2v) is 4.20. The summed E-state index contributed by atoms with van der Waals surface area (Å²) in [5.41, 5.74) is -0.292. The van der Waals surface area contributed by atoms with Crippen LogP contribution >= 0.6 is 0 Å². The van der Waals surface area contributed by atoms with E-state index in [0.717, 1.165) is 31.5 Å². The molecule has 1 saturated carbocycles. The zero-order valence-electron chi connectivity index (χ0n) is 9.21. The predicted molar refractivity (Wildman–Crippen MR) is 57.9 cm³/mol. The van der Waals surface area contributed by atoms with Gasteiger partial charge in [0.15, 0.2) is 0 Å². The van der Waals surface area contributed by atoms with Crippen LogP contribution in [-0.4, -0.2) is 30.5 Å². The first-order valence-corrected chi connectivity index (χ1v) is 5.75. The highest BCUT2D eigenvalue weighted by Gasteiger charge is 2.40. The first kappa shape index (κ1) is 10.6. The molecule has 15 heavy (non-hydrogen) atoms. The molecule has 0 aromatic carbocycles. The summed E-state index contributed by atoms with van der Waals surface area (Å²) in [4.78, 5) is 15.4. The lowest BCUT2D eigenvalue weighted by atomic mass is 9.83. The van der Waals surface area contributed by atoms with Crippen molar-refractivity contribution in [2.24, 2.45) is 4.99 Å². The topological polar surface area (TPSA) is 50.7 Å². The zero-order valence-corrected chi connectivity index (χ0v) is 9.21. The Kier molecular flexibility index (Phi) is 3.05. The van der Waals surface area contributed by atoms with E-state index in [-0.39, 0.29) is 18.1 Å². The first-order chi connectivity index (χ1) is 7.27. The second kappa shape index (κ2) is 4.31. The average molecular weight is 210 g/mol. The molecule has 1 amide bonds. The molecule has 4 nitrogen and oxygen atoms in total. The van der Waals surface area contributed by atoms with Crippen molar-refractivity contribution in [1.29, 1.82) is 0 Å². The largest absolute Gasteiger partial charge is 0.367 e. The van der Waals surface area contributed by atoms with Crippen LogP contribution in [0.5, 0.6) is 0 Å². The lowest BCUT2D eigenvalue weighted by Crippen LogP contribution is -2.49. The van der Waals surface area contributed by atoms with Gasteiger partial charge in [-0.15, -0.1) is 0 Å². The Balaban J connectivity index is 2.14. The van der Waals surface area contributed by atoms with Gasteiger partial charge in [-0.3, -0.25) is 9.79 Å². The number of nitrogens with one attached hydrogen (secondary N) is 1. The van der Waals surface area contributed by atoms with E-state index in [2.05, 4.69) is 10.3 Å². The molecule has 0 spiro atoms. The van der Waals surface area contributed by atoms with Crippen molar-refractivity contribution >= 4 is 11.7 Å². The van der Waals surface area contributed by atoms with Crippen LogP contribution in [0.3, 0.4) is 0 Å². The van der Waals surface area contributed by atoms with Gasteiger partial charge in [0, 0.05) is 6.61 Å². The fraction of sp³-hybridized carbons (Fsp3) is 0.818. The molecule has 1 heterocycles. The lowest BCUT2D eigenvalue weighted by Gasteiger charge is -2.36. The quantitative estimate of drug-likeness (QED) is 0.762. The van der Waals surface area contributed by atoms with Gasteiger partial charge >= 0.3 is 0 Å². The summed E-state index contributed by atoms with van der Waals surface area (Å²) in [6, 6.07) is 0. The molecule has 0 aromatic heterocycles. The number of nitrogens with zero attached hydrogens (tertiary/aromatic N) is 1. The third-order valence-electron chi connectivity index (χ3n) is 3.15. The van der Waals surface area contributed by atoms with Crippen LogP contribution in [0.4, 0.5) is 0 Å². The molecule has 2 rings (SSSR count). The van der Waals surface area contributed by atoms with E-state index in [1.165, 1.54) is 6.42 Å². The monoisotopic (exact) mass is 210 g/mol. The average Bonchev–Trinajstić information content (AvgIpc) is 2.67. The maximum atomic E-state index is 11.2. The first-order valence-electron chi connectivity index (χ1n) is 5.75. The molecular formula is C11H18N2O2. The number of rotatable bonds is 3. The van der Waals surface area contributed by atoms with Gasteiger partial charge in [0.05, 0.1) is 0 Å². The SMILES string of the molecule is CCOC1(C2=NCC(=O)N2)CCCCC1. The van der Waals surface area contributed by atoms with E-state index >= 15 is 0 Å². The Labute approximate surface area is 90.1 Å². The fourth-order valence-electron chi connectivity index (χ4n) is 2.47. The number of amidine groups is 1. The summed E-state index contributed by atoms with van der Waals surface area (Å²) in [5, 5.41) is 2.84. The molecule has 2 aliphatic rings. The number of amides is 1. The minimum Gasteiger partial charge on any atom is -0.367 e. The van der Waals surface area contributed by atoms with Gasteiger partial charge < -0.3 is 10.1 Å². The van der Waals surface area contributed by atoms with Gasteiger partial charge in [0.25, 0.3) is 0 Å². The maximum Gasteiger partial charge on any atom is 0.247 e.